The average molecular weight is 372 g/mol. The van der Waals surface area contributed by atoms with Crippen LogP contribution in [0.1, 0.15) is 49.6 Å². The first-order valence-electron chi connectivity index (χ1n) is 9.32. The summed E-state index contributed by atoms with van der Waals surface area (Å²) in [5.74, 6) is 2.45. The van der Waals surface area contributed by atoms with Crippen LogP contribution < -0.4 is 14.8 Å². The molecule has 0 saturated heterocycles. The van der Waals surface area contributed by atoms with E-state index in [4.69, 9.17) is 13.9 Å². The Kier molecular flexibility index (Phi) is 7.92. The number of nitrogens with zero attached hydrogens (tertiary/aromatic N) is 1. The number of hydrogen-bond donors (Lipinski definition) is 1. The van der Waals surface area contributed by atoms with E-state index in [1.807, 2.05) is 39.0 Å². The van der Waals surface area contributed by atoms with Gasteiger partial charge in [0.2, 0.25) is 11.8 Å². The fourth-order valence-electron chi connectivity index (χ4n) is 2.35. The van der Waals surface area contributed by atoms with Gasteiger partial charge in [0.15, 0.2) is 11.5 Å². The van der Waals surface area contributed by atoms with E-state index in [2.05, 4.69) is 17.2 Å². The number of unbranched alkanes of at least 4 members (excludes halogenated alkanes) is 1. The lowest BCUT2D eigenvalue weighted by molar-refractivity contribution is -0.116. The van der Waals surface area contributed by atoms with Crippen LogP contribution in [0.2, 0.25) is 0 Å². The van der Waals surface area contributed by atoms with Gasteiger partial charge < -0.3 is 19.2 Å². The second-order valence-electron chi connectivity index (χ2n) is 6.14. The topological polar surface area (TPSA) is 73.6 Å². The van der Waals surface area contributed by atoms with Gasteiger partial charge in [-0.05, 0) is 51.0 Å². The molecule has 1 N–H and O–H groups in total. The van der Waals surface area contributed by atoms with Crippen molar-refractivity contribution in [2.45, 2.75) is 47.1 Å². The van der Waals surface area contributed by atoms with Crippen molar-refractivity contribution >= 4 is 12.0 Å². The standard InChI is InChI=1S/C21H28N2O4/c1-5-7-12-26-18-10-8-17(13-19(18)25-6-2)9-11-20(24)22-14-21-23-15(3)16(4)27-21/h8-11,13H,5-7,12,14H2,1-4H3,(H,22,24). The minimum absolute atomic E-state index is 0.218. The van der Waals surface area contributed by atoms with Gasteiger partial charge in [0, 0.05) is 6.08 Å². The predicted octanol–water partition coefficient (Wildman–Crippen LogP) is 4.20. The summed E-state index contributed by atoms with van der Waals surface area (Å²) in [6, 6.07) is 5.64. The van der Waals surface area contributed by atoms with Gasteiger partial charge in [-0.1, -0.05) is 19.4 Å². The number of nitrogens with one attached hydrogen (secondary N) is 1. The van der Waals surface area contributed by atoms with E-state index < -0.39 is 0 Å². The maximum absolute atomic E-state index is 12.0. The first-order valence-corrected chi connectivity index (χ1v) is 9.32. The molecule has 0 fully saturated rings. The fourth-order valence-corrected chi connectivity index (χ4v) is 2.35. The maximum Gasteiger partial charge on any atom is 0.244 e. The van der Waals surface area contributed by atoms with E-state index in [1.54, 1.807) is 6.08 Å². The number of carbonyl (C=O) groups is 1. The highest BCUT2D eigenvalue weighted by Gasteiger charge is 2.07. The SMILES string of the molecule is CCCCOc1ccc(C=CC(=O)NCc2nc(C)c(C)o2)cc1OCC. The molecule has 0 aliphatic rings. The molecule has 1 heterocycles. The van der Waals surface area contributed by atoms with Crippen LogP contribution in [0.4, 0.5) is 0 Å². The van der Waals surface area contributed by atoms with Crippen LogP contribution in [0.15, 0.2) is 28.7 Å². The van der Waals surface area contributed by atoms with E-state index >= 15 is 0 Å². The largest absolute Gasteiger partial charge is 0.490 e. The first kappa shape index (κ1) is 20.6. The minimum Gasteiger partial charge on any atom is -0.490 e. The number of ether oxygens (including phenoxy) is 2. The summed E-state index contributed by atoms with van der Waals surface area (Å²) >= 11 is 0. The van der Waals surface area contributed by atoms with Crippen molar-refractivity contribution in [2.24, 2.45) is 0 Å². The van der Waals surface area contributed by atoms with Crippen LogP contribution in [0.3, 0.4) is 0 Å². The molecule has 0 aliphatic carbocycles. The Morgan fingerprint density at radius 2 is 2.04 bits per heavy atom. The van der Waals surface area contributed by atoms with Crippen LogP contribution in [-0.2, 0) is 11.3 Å². The van der Waals surface area contributed by atoms with Crippen LogP contribution in [0.25, 0.3) is 6.08 Å². The normalized spacial score (nSPS) is 11.0. The number of aryl methyl sites for hydroxylation is 2. The molecule has 1 aromatic heterocycles. The minimum atomic E-state index is -0.218. The highest BCUT2D eigenvalue weighted by molar-refractivity contribution is 5.91. The number of amides is 1. The molecule has 1 aromatic carbocycles. The van der Waals surface area contributed by atoms with E-state index in [1.165, 1.54) is 6.08 Å². The van der Waals surface area contributed by atoms with Crippen LogP contribution >= 0.6 is 0 Å². The van der Waals surface area contributed by atoms with Crippen LogP contribution in [0.5, 0.6) is 11.5 Å². The summed E-state index contributed by atoms with van der Waals surface area (Å²) in [4.78, 5) is 16.2. The Morgan fingerprint density at radius 3 is 2.70 bits per heavy atom. The van der Waals surface area contributed by atoms with Gasteiger partial charge in [0.05, 0.1) is 25.5 Å². The summed E-state index contributed by atoms with van der Waals surface area (Å²) < 4.78 is 16.9. The lowest BCUT2D eigenvalue weighted by atomic mass is 10.2. The first-order chi connectivity index (χ1) is 13.0. The third kappa shape index (κ3) is 6.47. The quantitative estimate of drug-likeness (QED) is 0.500. The number of benzene rings is 1. The molecule has 1 amide bonds. The summed E-state index contributed by atoms with van der Waals surface area (Å²) in [5.41, 5.74) is 1.69. The summed E-state index contributed by atoms with van der Waals surface area (Å²) in [7, 11) is 0. The van der Waals surface area contributed by atoms with Crippen molar-refractivity contribution in [1.82, 2.24) is 10.3 Å². The molecule has 6 heteroatoms. The van der Waals surface area contributed by atoms with E-state index in [0.717, 1.165) is 35.6 Å². The highest BCUT2D eigenvalue weighted by atomic mass is 16.5. The van der Waals surface area contributed by atoms with Gasteiger partial charge in [0.25, 0.3) is 0 Å². The smallest absolute Gasteiger partial charge is 0.244 e. The molecule has 0 unspecified atom stereocenters. The molecule has 0 spiro atoms. The van der Waals surface area contributed by atoms with Gasteiger partial charge in [-0.3, -0.25) is 4.79 Å². The van der Waals surface area contributed by atoms with Crippen molar-refractivity contribution in [3.8, 4) is 11.5 Å². The number of carbonyl (C=O) groups excluding carboxylic acids is 1. The van der Waals surface area contributed by atoms with E-state index in [0.29, 0.717) is 24.9 Å². The second kappa shape index (κ2) is 10.4. The lowest BCUT2D eigenvalue weighted by Crippen LogP contribution is -2.20. The molecular weight excluding hydrogens is 344 g/mol. The van der Waals surface area contributed by atoms with Crippen molar-refractivity contribution < 1.29 is 18.7 Å². The Balaban J connectivity index is 1.95. The van der Waals surface area contributed by atoms with Crippen molar-refractivity contribution in [3.05, 3.63) is 47.2 Å². The molecule has 2 aromatic rings. The molecule has 0 atom stereocenters. The maximum atomic E-state index is 12.0. The molecule has 0 bridgehead atoms. The summed E-state index contributed by atoms with van der Waals surface area (Å²) in [6.45, 7) is 9.23. The van der Waals surface area contributed by atoms with Gasteiger partial charge >= 0.3 is 0 Å². The number of hydrogen-bond acceptors (Lipinski definition) is 5. The van der Waals surface area contributed by atoms with Gasteiger partial charge in [0.1, 0.15) is 5.76 Å². The molecule has 0 radical (unpaired) electrons. The van der Waals surface area contributed by atoms with Gasteiger partial charge in [-0.2, -0.15) is 0 Å². The number of oxazole rings is 1. The molecule has 0 aliphatic heterocycles. The molecule has 146 valence electrons. The van der Waals surface area contributed by atoms with Crippen LogP contribution in [0, 0.1) is 13.8 Å². The van der Waals surface area contributed by atoms with Crippen molar-refractivity contribution in [1.29, 1.82) is 0 Å². The number of aromatic nitrogens is 1. The Hall–Kier alpha value is -2.76. The Bertz CT molecular complexity index is 761. The molecule has 0 saturated carbocycles. The average Bonchev–Trinajstić information content (AvgIpc) is 2.98. The Labute approximate surface area is 160 Å². The Morgan fingerprint density at radius 1 is 1.22 bits per heavy atom. The zero-order valence-corrected chi connectivity index (χ0v) is 16.5. The predicted molar refractivity (Wildman–Crippen MR) is 105 cm³/mol. The van der Waals surface area contributed by atoms with Crippen LogP contribution in [-0.4, -0.2) is 24.1 Å². The third-order valence-electron chi connectivity index (χ3n) is 3.94. The monoisotopic (exact) mass is 372 g/mol. The molecule has 6 nitrogen and oxygen atoms in total. The van der Waals surface area contributed by atoms with Crippen molar-refractivity contribution in [2.75, 3.05) is 13.2 Å². The highest BCUT2D eigenvalue weighted by Crippen LogP contribution is 2.29. The van der Waals surface area contributed by atoms with Gasteiger partial charge in [-0.15, -0.1) is 0 Å². The lowest BCUT2D eigenvalue weighted by Gasteiger charge is -2.12. The third-order valence-corrected chi connectivity index (χ3v) is 3.94. The molecule has 27 heavy (non-hydrogen) atoms. The number of rotatable bonds is 10. The molecular formula is C21H28N2O4. The van der Waals surface area contributed by atoms with E-state index in [-0.39, 0.29) is 12.5 Å². The molecule has 2 rings (SSSR count). The zero-order chi connectivity index (χ0) is 19.6. The van der Waals surface area contributed by atoms with Crippen molar-refractivity contribution in [3.63, 3.8) is 0 Å². The summed E-state index contributed by atoms with van der Waals surface area (Å²) in [6.07, 6.45) is 5.29. The zero-order valence-electron chi connectivity index (χ0n) is 16.5. The fraction of sp³-hybridized carbons (Fsp3) is 0.429. The van der Waals surface area contributed by atoms with E-state index in [9.17, 15) is 4.79 Å². The second-order valence-corrected chi connectivity index (χ2v) is 6.14. The van der Waals surface area contributed by atoms with Gasteiger partial charge in [-0.25, -0.2) is 4.98 Å². The summed E-state index contributed by atoms with van der Waals surface area (Å²) in [5, 5.41) is 2.76.